The minimum Gasteiger partial charge on any atom is -0.469 e. The van der Waals surface area contributed by atoms with E-state index in [4.69, 9.17) is 6.42 Å². The minimum atomic E-state index is -1.15. The Bertz CT molecular complexity index is 591. The average molecular weight is 421 g/mol. The molecule has 1 aliphatic rings. The number of terminal acetylenes is 1. The van der Waals surface area contributed by atoms with Crippen LogP contribution in [0.25, 0.3) is 0 Å². The molecule has 1 aliphatic carbocycles. The maximum atomic E-state index is 11.1. The van der Waals surface area contributed by atoms with Crippen LogP contribution in [0, 0.1) is 24.2 Å². The van der Waals surface area contributed by atoms with Gasteiger partial charge in [-0.25, -0.2) is 0 Å². The third-order valence-corrected chi connectivity index (χ3v) is 6.00. The largest absolute Gasteiger partial charge is 0.469 e. The number of carbonyl (C=O) groups excluding carboxylic acids is 1. The first kappa shape index (κ1) is 26.4. The molecular weight excluding hydrogens is 380 g/mol. The van der Waals surface area contributed by atoms with Crippen molar-refractivity contribution in [2.45, 2.75) is 95.4 Å². The maximum Gasteiger partial charge on any atom is 0.305 e. The Balaban J connectivity index is 2.54. The lowest BCUT2D eigenvalue weighted by molar-refractivity contribution is -0.140. The molecule has 0 amide bonds. The Labute approximate surface area is 182 Å². The topological polar surface area (TPSA) is 87.0 Å². The van der Waals surface area contributed by atoms with E-state index in [0.29, 0.717) is 32.1 Å². The Morgan fingerprint density at radius 2 is 1.93 bits per heavy atom. The predicted octanol–water partition coefficient (Wildman–Crippen LogP) is 3.91. The van der Waals surface area contributed by atoms with Crippen molar-refractivity contribution in [2.24, 2.45) is 11.8 Å². The monoisotopic (exact) mass is 420 g/mol. The molecule has 0 radical (unpaired) electrons. The van der Waals surface area contributed by atoms with Gasteiger partial charge in [0.25, 0.3) is 0 Å². The van der Waals surface area contributed by atoms with Gasteiger partial charge in [0.1, 0.15) is 5.60 Å². The number of aliphatic hydroxyl groups is 3. The van der Waals surface area contributed by atoms with Crippen LogP contribution >= 0.6 is 0 Å². The van der Waals surface area contributed by atoms with Crippen molar-refractivity contribution >= 4 is 5.97 Å². The van der Waals surface area contributed by atoms with Gasteiger partial charge in [0.2, 0.25) is 0 Å². The number of unbranched alkanes of at least 4 members (excludes halogenated alkanes) is 4. The second kappa shape index (κ2) is 14.4. The fourth-order valence-electron chi connectivity index (χ4n) is 4.04. The standard InChI is InChI=1S/C25H40O5/c1-4-6-7-12-17-25(29,5-2)18-13-15-21-20(22(26)19-23(21)27)14-10-8-9-11-16-24(28)30-3/h2,8,10,13,15,20-23,26-27,29H,4,6-7,9,11-12,14,16-19H2,1,3H3/t20-,21-,22+,23-,25?/m1/s1. The summed E-state index contributed by atoms with van der Waals surface area (Å²) >= 11 is 0. The molecular formula is C25H40O5. The van der Waals surface area contributed by atoms with Crippen LogP contribution in [-0.2, 0) is 9.53 Å². The third kappa shape index (κ3) is 9.47. The molecule has 1 unspecified atom stereocenters. The molecule has 0 bridgehead atoms. The van der Waals surface area contributed by atoms with Crippen molar-refractivity contribution in [3.63, 3.8) is 0 Å². The summed E-state index contributed by atoms with van der Waals surface area (Å²) < 4.78 is 4.62. The molecule has 0 saturated heterocycles. The summed E-state index contributed by atoms with van der Waals surface area (Å²) in [5.74, 6) is 2.08. The van der Waals surface area contributed by atoms with Crippen LogP contribution in [0.3, 0.4) is 0 Å². The highest BCUT2D eigenvalue weighted by atomic mass is 16.5. The zero-order chi connectivity index (χ0) is 22.4. The Morgan fingerprint density at radius 3 is 2.60 bits per heavy atom. The zero-order valence-corrected chi connectivity index (χ0v) is 18.6. The number of hydrogen-bond donors (Lipinski definition) is 3. The molecule has 5 heteroatoms. The molecule has 1 saturated carbocycles. The lowest BCUT2D eigenvalue weighted by atomic mass is 9.88. The van der Waals surface area contributed by atoms with E-state index in [1.807, 2.05) is 24.3 Å². The number of hydrogen-bond acceptors (Lipinski definition) is 5. The molecule has 170 valence electrons. The highest BCUT2D eigenvalue weighted by Crippen LogP contribution is 2.36. The Kier molecular flexibility index (Phi) is 12.7. The Morgan fingerprint density at radius 1 is 1.17 bits per heavy atom. The molecule has 0 aromatic heterocycles. The highest BCUT2D eigenvalue weighted by Gasteiger charge is 2.39. The number of ether oxygens (including phenoxy) is 1. The van der Waals surface area contributed by atoms with Crippen molar-refractivity contribution in [3.8, 4) is 12.3 Å². The summed E-state index contributed by atoms with van der Waals surface area (Å²) in [5.41, 5.74) is -1.15. The van der Waals surface area contributed by atoms with E-state index in [9.17, 15) is 20.1 Å². The molecule has 1 fully saturated rings. The fourth-order valence-corrected chi connectivity index (χ4v) is 4.04. The molecule has 1 rings (SSSR count). The van der Waals surface area contributed by atoms with Crippen molar-refractivity contribution < 1.29 is 24.9 Å². The summed E-state index contributed by atoms with van der Waals surface area (Å²) in [5, 5.41) is 31.3. The van der Waals surface area contributed by atoms with E-state index in [1.54, 1.807) is 0 Å². The quantitative estimate of drug-likeness (QED) is 0.172. The summed E-state index contributed by atoms with van der Waals surface area (Å²) in [6.07, 6.45) is 20.3. The molecule has 0 aliphatic heterocycles. The van der Waals surface area contributed by atoms with Gasteiger partial charge < -0.3 is 20.1 Å². The molecule has 0 aromatic rings. The first-order valence-electron chi connectivity index (χ1n) is 11.3. The minimum absolute atomic E-state index is 0.0726. The number of rotatable bonds is 14. The maximum absolute atomic E-state index is 11.1. The van der Waals surface area contributed by atoms with E-state index >= 15 is 0 Å². The normalized spacial score (nSPS) is 26.1. The van der Waals surface area contributed by atoms with Crippen LogP contribution in [-0.4, -0.2) is 46.2 Å². The van der Waals surface area contributed by atoms with Gasteiger partial charge >= 0.3 is 5.97 Å². The molecule has 0 spiro atoms. The van der Waals surface area contributed by atoms with E-state index < -0.39 is 17.8 Å². The molecule has 3 N–H and O–H groups in total. The van der Waals surface area contributed by atoms with Gasteiger partial charge in [-0.05, 0) is 38.0 Å². The lowest BCUT2D eigenvalue weighted by Crippen LogP contribution is -2.26. The average Bonchev–Trinajstić information content (AvgIpc) is 3.00. The van der Waals surface area contributed by atoms with Gasteiger partial charge in [-0.1, -0.05) is 56.4 Å². The summed E-state index contributed by atoms with van der Waals surface area (Å²) in [4.78, 5) is 11.1. The van der Waals surface area contributed by atoms with E-state index in [2.05, 4.69) is 17.6 Å². The van der Waals surface area contributed by atoms with Crippen molar-refractivity contribution in [1.29, 1.82) is 0 Å². The van der Waals surface area contributed by atoms with Gasteiger partial charge in [-0.2, -0.15) is 0 Å². The fraction of sp³-hybridized carbons (Fsp3) is 0.720. The van der Waals surface area contributed by atoms with Crippen LogP contribution in [0.15, 0.2) is 24.3 Å². The van der Waals surface area contributed by atoms with Crippen molar-refractivity contribution in [3.05, 3.63) is 24.3 Å². The van der Waals surface area contributed by atoms with E-state index in [1.165, 1.54) is 7.11 Å². The lowest BCUT2D eigenvalue weighted by Gasteiger charge is -2.22. The summed E-state index contributed by atoms with van der Waals surface area (Å²) in [7, 11) is 1.38. The molecule has 30 heavy (non-hydrogen) atoms. The third-order valence-electron chi connectivity index (χ3n) is 6.00. The van der Waals surface area contributed by atoms with Crippen LogP contribution in [0.4, 0.5) is 0 Å². The van der Waals surface area contributed by atoms with Gasteiger partial charge in [0.05, 0.1) is 19.3 Å². The molecule has 5 atom stereocenters. The van der Waals surface area contributed by atoms with Gasteiger partial charge in [-0.3, -0.25) is 4.79 Å². The van der Waals surface area contributed by atoms with Crippen LogP contribution in [0.2, 0.25) is 0 Å². The van der Waals surface area contributed by atoms with Gasteiger partial charge in [0.15, 0.2) is 0 Å². The number of methoxy groups -OCH3 is 1. The van der Waals surface area contributed by atoms with Crippen molar-refractivity contribution in [1.82, 2.24) is 0 Å². The summed E-state index contributed by atoms with van der Waals surface area (Å²) in [6, 6.07) is 0. The van der Waals surface area contributed by atoms with E-state index in [0.717, 1.165) is 38.5 Å². The smallest absolute Gasteiger partial charge is 0.305 e. The van der Waals surface area contributed by atoms with Gasteiger partial charge in [-0.15, -0.1) is 6.42 Å². The second-order valence-electron chi connectivity index (χ2n) is 8.41. The van der Waals surface area contributed by atoms with Crippen LogP contribution < -0.4 is 0 Å². The number of aliphatic hydroxyl groups excluding tert-OH is 2. The predicted molar refractivity (Wildman–Crippen MR) is 120 cm³/mol. The number of allylic oxidation sites excluding steroid dienone is 2. The van der Waals surface area contributed by atoms with Crippen LogP contribution in [0.5, 0.6) is 0 Å². The van der Waals surface area contributed by atoms with Crippen LogP contribution in [0.1, 0.15) is 77.6 Å². The zero-order valence-electron chi connectivity index (χ0n) is 18.6. The highest BCUT2D eigenvalue weighted by molar-refractivity contribution is 5.69. The molecule has 0 aromatic carbocycles. The SMILES string of the molecule is C#CC(O)(CC=C[C@@H]1[C@@H](CC=CCCCC(=O)OC)[C@@H](O)C[C@H]1O)CCCCCC. The number of carbonyl (C=O) groups is 1. The molecule has 5 nitrogen and oxygen atoms in total. The number of esters is 1. The van der Waals surface area contributed by atoms with E-state index in [-0.39, 0.29) is 17.8 Å². The van der Waals surface area contributed by atoms with Crippen molar-refractivity contribution in [2.75, 3.05) is 7.11 Å². The molecule has 0 heterocycles. The first-order chi connectivity index (χ1) is 14.4. The van der Waals surface area contributed by atoms with Gasteiger partial charge in [0, 0.05) is 25.2 Å². The Hall–Kier alpha value is -1.61. The first-order valence-corrected chi connectivity index (χ1v) is 11.3. The summed E-state index contributed by atoms with van der Waals surface area (Å²) in [6.45, 7) is 2.14. The second-order valence-corrected chi connectivity index (χ2v) is 8.41.